The highest BCUT2D eigenvalue weighted by Crippen LogP contribution is 2.35. The van der Waals surface area contributed by atoms with E-state index in [2.05, 4.69) is 0 Å². The van der Waals surface area contributed by atoms with E-state index in [0.717, 1.165) is 11.3 Å². The van der Waals surface area contributed by atoms with Gasteiger partial charge in [0.2, 0.25) is 12.7 Å². The van der Waals surface area contributed by atoms with Gasteiger partial charge < -0.3 is 14.4 Å². The second-order valence-electron chi connectivity index (χ2n) is 4.79. The number of amides is 1. The van der Waals surface area contributed by atoms with Gasteiger partial charge in [-0.3, -0.25) is 4.79 Å². The van der Waals surface area contributed by atoms with Gasteiger partial charge in [0, 0.05) is 18.8 Å². The summed E-state index contributed by atoms with van der Waals surface area (Å²) in [6.45, 7) is 0.200. The van der Waals surface area contributed by atoms with Crippen LogP contribution in [0.5, 0.6) is 11.5 Å². The lowest BCUT2D eigenvalue weighted by atomic mass is 10.1. The molecule has 0 aromatic heterocycles. The number of likely N-dealkylation sites (N-methyl/N-ethyl adjacent to an activating group) is 1. The van der Waals surface area contributed by atoms with E-state index in [1.807, 2.05) is 0 Å². The van der Waals surface area contributed by atoms with Crippen LogP contribution >= 0.6 is 0 Å². The van der Waals surface area contributed by atoms with E-state index < -0.39 is 0 Å². The summed E-state index contributed by atoms with van der Waals surface area (Å²) in [5, 5.41) is 0. The molecule has 1 amide bonds. The summed E-state index contributed by atoms with van der Waals surface area (Å²) in [4.78, 5) is 13.8. The van der Waals surface area contributed by atoms with Crippen LogP contribution in [0.15, 0.2) is 42.5 Å². The first-order valence-electron chi connectivity index (χ1n) is 6.54. The van der Waals surface area contributed by atoms with E-state index in [-0.39, 0.29) is 24.9 Å². The van der Waals surface area contributed by atoms with Crippen molar-refractivity contribution < 1.29 is 18.7 Å². The molecule has 0 bridgehead atoms. The number of anilines is 1. The Kier molecular flexibility index (Phi) is 3.48. The van der Waals surface area contributed by atoms with Crippen LogP contribution < -0.4 is 14.4 Å². The summed E-state index contributed by atoms with van der Waals surface area (Å²) in [6.07, 6.45) is 0.214. The lowest BCUT2D eigenvalue weighted by Crippen LogP contribution is -2.27. The fourth-order valence-corrected chi connectivity index (χ4v) is 2.13. The van der Waals surface area contributed by atoms with Crippen molar-refractivity contribution in [2.24, 2.45) is 0 Å². The van der Waals surface area contributed by atoms with Crippen LogP contribution in [0.4, 0.5) is 10.1 Å². The molecule has 1 aliphatic heterocycles. The molecule has 108 valence electrons. The van der Waals surface area contributed by atoms with Crippen molar-refractivity contribution in [1.29, 1.82) is 0 Å². The Labute approximate surface area is 121 Å². The standard InChI is InChI=1S/C16H14FNO3/c1-18(13-6-7-14-15(9-13)21-10-20-14)16(19)8-11-2-4-12(17)5-3-11/h2-7,9H,8,10H2,1H3. The summed E-state index contributed by atoms with van der Waals surface area (Å²) in [7, 11) is 1.70. The zero-order valence-corrected chi connectivity index (χ0v) is 11.5. The SMILES string of the molecule is CN(C(=O)Cc1ccc(F)cc1)c1ccc2c(c1)OCO2. The Morgan fingerprint density at radius 1 is 1.14 bits per heavy atom. The van der Waals surface area contributed by atoms with E-state index in [9.17, 15) is 9.18 Å². The van der Waals surface area contributed by atoms with E-state index in [0.29, 0.717) is 11.5 Å². The number of hydrogen-bond donors (Lipinski definition) is 0. The highest BCUT2D eigenvalue weighted by atomic mass is 19.1. The molecule has 0 spiro atoms. The lowest BCUT2D eigenvalue weighted by molar-refractivity contribution is -0.117. The van der Waals surface area contributed by atoms with E-state index in [1.54, 1.807) is 42.3 Å². The van der Waals surface area contributed by atoms with E-state index >= 15 is 0 Å². The first-order valence-corrected chi connectivity index (χ1v) is 6.54. The van der Waals surface area contributed by atoms with Crippen molar-refractivity contribution in [3.8, 4) is 11.5 Å². The van der Waals surface area contributed by atoms with Crippen LogP contribution in [0.3, 0.4) is 0 Å². The van der Waals surface area contributed by atoms with Crippen molar-refractivity contribution in [2.45, 2.75) is 6.42 Å². The van der Waals surface area contributed by atoms with Crippen molar-refractivity contribution in [3.63, 3.8) is 0 Å². The Morgan fingerprint density at radius 3 is 2.62 bits per heavy atom. The predicted molar refractivity (Wildman–Crippen MR) is 76.1 cm³/mol. The van der Waals surface area contributed by atoms with Crippen LogP contribution in [0, 0.1) is 5.82 Å². The minimum atomic E-state index is -0.310. The largest absolute Gasteiger partial charge is 0.454 e. The zero-order valence-electron chi connectivity index (χ0n) is 11.5. The highest BCUT2D eigenvalue weighted by Gasteiger charge is 2.17. The third-order valence-electron chi connectivity index (χ3n) is 3.39. The minimum Gasteiger partial charge on any atom is -0.454 e. The van der Waals surface area contributed by atoms with Crippen LogP contribution in [-0.4, -0.2) is 19.7 Å². The number of rotatable bonds is 3. The second kappa shape index (κ2) is 5.44. The van der Waals surface area contributed by atoms with Gasteiger partial charge in [0.25, 0.3) is 0 Å². The summed E-state index contributed by atoms with van der Waals surface area (Å²) in [6, 6.07) is 11.3. The maximum Gasteiger partial charge on any atom is 0.231 e. The molecule has 3 rings (SSSR count). The molecule has 0 fully saturated rings. The Morgan fingerprint density at radius 2 is 1.86 bits per heavy atom. The molecule has 2 aromatic rings. The lowest BCUT2D eigenvalue weighted by Gasteiger charge is -2.17. The molecule has 1 aliphatic rings. The first-order chi connectivity index (χ1) is 10.1. The fourth-order valence-electron chi connectivity index (χ4n) is 2.13. The summed E-state index contributed by atoms with van der Waals surface area (Å²) in [5.74, 6) is 0.919. The highest BCUT2D eigenvalue weighted by molar-refractivity contribution is 5.94. The number of nitrogens with zero attached hydrogens (tertiary/aromatic N) is 1. The number of hydrogen-bond acceptors (Lipinski definition) is 3. The number of carbonyl (C=O) groups excluding carboxylic acids is 1. The molecule has 21 heavy (non-hydrogen) atoms. The number of fused-ring (bicyclic) bond motifs is 1. The van der Waals surface area contributed by atoms with Gasteiger partial charge in [-0.1, -0.05) is 12.1 Å². The minimum absolute atomic E-state index is 0.0829. The van der Waals surface area contributed by atoms with Crippen molar-refractivity contribution >= 4 is 11.6 Å². The maximum absolute atomic E-state index is 12.9. The molecule has 0 saturated heterocycles. The molecular formula is C16H14FNO3. The Hall–Kier alpha value is -2.56. The topological polar surface area (TPSA) is 38.8 Å². The molecule has 5 heteroatoms. The Balaban J connectivity index is 1.73. The zero-order chi connectivity index (χ0) is 14.8. The predicted octanol–water partition coefficient (Wildman–Crippen LogP) is 2.76. The van der Waals surface area contributed by atoms with E-state index in [4.69, 9.17) is 9.47 Å². The quantitative estimate of drug-likeness (QED) is 0.871. The molecule has 0 aliphatic carbocycles. The van der Waals surface area contributed by atoms with Gasteiger partial charge in [-0.05, 0) is 29.8 Å². The summed E-state index contributed by atoms with van der Waals surface area (Å²) < 4.78 is 23.4. The monoisotopic (exact) mass is 287 g/mol. The second-order valence-corrected chi connectivity index (χ2v) is 4.79. The first kappa shape index (κ1) is 13.4. The molecule has 0 atom stereocenters. The summed E-state index contributed by atoms with van der Waals surface area (Å²) in [5.41, 5.74) is 1.50. The average Bonchev–Trinajstić information content (AvgIpc) is 2.96. The van der Waals surface area contributed by atoms with Crippen LogP contribution in [0.1, 0.15) is 5.56 Å². The molecule has 0 radical (unpaired) electrons. The average molecular weight is 287 g/mol. The molecule has 0 saturated carbocycles. The molecule has 1 heterocycles. The van der Waals surface area contributed by atoms with Gasteiger partial charge in [0.15, 0.2) is 11.5 Å². The van der Waals surface area contributed by atoms with Gasteiger partial charge in [-0.15, -0.1) is 0 Å². The third-order valence-corrected chi connectivity index (χ3v) is 3.39. The molecular weight excluding hydrogens is 273 g/mol. The Bertz CT molecular complexity index is 670. The fraction of sp³-hybridized carbons (Fsp3) is 0.188. The van der Waals surface area contributed by atoms with Gasteiger partial charge in [0.05, 0.1) is 6.42 Å². The van der Waals surface area contributed by atoms with Gasteiger partial charge in [-0.2, -0.15) is 0 Å². The maximum atomic E-state index is 12.9. The molecule has 4 nitrogen and oxygen atoms in total. The number of benzene rings is 2. The molecule has 0 unspecified atom stereocenters. The third kappa shape index (κ3) is 2.81. The number of halogens is 1. The van der Waals surface area contributed by atoms with E-state index in [1.165, 1.54) is 12.1 Å². The normalized spacial score (nSPS) is 12.3. The number of carbonyl (C=O) groups is 1. The van der Waals surface area contributed by atoms with Crippen molar-refractivity contribution in [3.05, 3.63) is 53.8 Å². The van der Waals surface area contributed by atoms with Crippen LogP contribution in [-0.2, 0) is 11.2 Å². The van der Waals surface area contributed by atoms with Crippen LogP contribution in [0.25, 0.3) is 0 Å². The van der Waals surface area contributed by atoms with Crippen LogP contribution in [0.2, 0.25) is 0 Å². The van der Waals surface area contributed by atoms with Crippen molar-refractivity contribution in [2.75, 3.05) is 18.7 Å². The molecule has 2 aromatic carbocycles. The van der Waals surface area contributed by atoms with Crippen molar-refractivity contribution in [1.82, 2.24) is 0 Å². The van der Waals surface area contributed by atoms with Gasteiger partial charge >= 0.3 is 0 Å². The smallest absolute Gasteiger partial charge is 0.231 e. The summed E-state index contributed by atoms with van der Waals surface area (Å²) >= 11 is 0. The molecule has 0 N–H and O–H groups in total. The van der Waals surface area contributed by atoms with Gasteiger partial charge in [-0.25, -0.2) is 4.39 Å². The van der Waals surface area contributed by atoms with Gasteiger partial charge in [0.1, 0.15) is 5.82 Å². The number of ether oxygens (including phenoxy) is 2.